The van der Waals surface area contributed by atoms with Gasteiger partial charge < -0.3 is 14.2 Å². The number of hydrogen-bond acceptors (Lipinski definition) is 6. The Labute approximate surface area is 252 Å². The first-order valence-electron chi connectivity index (χ1n) is 13.5. The van der Waals surface area contributed by atoms with Crippen molar-refractivity contribution in [1.82, 2.24) is 10.2 Å². The van der Waals surface area contributed by atoms with Gasteiger partial charge in [-0.15, -0.1) is 0 Å². The number of fused-ring (bicyclic) bond motifs is 1. The first-order valence-corrected chi connectivity index (χ1v) is 14.2. The number of barbiturate groups is 1. The zero-order valence-corrected chi connectivity index (χ0v) is 24.8. The van der Waals surface area contributed by atoms with E-state index in [1.54, 1.807) is 30.3 Å². The SMILES string of the molecule is CCCOc1ccc(CN2C(=O)NC(=O)/C(=C\c3cc(Br)ccc3OCc3cccc4ccccc34)C2=O)cc1OC. The van der Waals surface area contributed by atoms with Gasteiger partial charge in [0.2, 0.25) is 0 Å². The van der Waals surface area contributed by atoms with Crippen LogP contribution in [-0.4, -0.2) is 36.5 Å². The summed E-state index contributed by atoms with van der Waals surface area (Å²) in [6, 6.07) is 23.8. The number of ether oxygens (including phenoxy) is 3. The van der Waals surface area contributed by atoms with Crippen molar-refractivity contribution in [2.45, 2.75) is 26.5 Å². The lowest BCUT2D eigenvalue weighted by molar-refractivity contribution is -0.130. The fourth-order valence-corrected chi connectivity index (χ4v) is 5.03. The Hall–Kier alpha value is -4.63. The highest BCUT2D eigenvalue weighted by Gasteiger charge is 2.36. The average Bonchev–Trinajstić information content (AvgIpc) is 3.00. The van der Waals surface area contributed by atoms with Crippen molar-refractivity contribution in [3.8, 4) is 17.2 Å². The van der Waals surface area contributed by atoms with Crippen molar-refractivity contribution in [3.63, 3.8) is 0 Å². The average molecular weight is 630 g/mol. The number of nitrogens with one attached hydrogen (secondary N) is 1. The summed E-state index contributed by atoms with van der Waals surface area (Å²) in [6.45, 7) is 2.75. The zero-order valence-electron chi connectivity index (χ0n) is 23.2. The first-order chi connectivity index (χ1) is 20.4. The highest BCUT2D eigenvalue weighted by Crippen LogP contribution is 2.31. The van der Waals surface area contributed by atoms with Crippen LogP contribution >= 0.6 is 15.9 Å². The molecule has 1 fully saturated rings. The zero-order chi connectivity index (χ0) is 29.6. The Kier molecular flexibility index (Phi) is 8.88. The van der Waals surface area contributed by atoms with Crippen molar-refractivity contribution >= 4 is 50.6 Å². The minimum absolute atomic E-state index is 0.0668. The van der Waals surface area contributed by atoms with Gasteiger partial charge >= 0.3 is 6.03 Å². The summed E-state index contributed by atoms with van der Waals surface area (Å²) in [4.78, 5) is 40.1. The van der Waals surface area contributed by atoms with Crippen LogP contribution in [0, 0.1) is 0 Å². The summed E-state index contributed by atoms with van der Waals surface area (Å²) in [7, 11) is 1.52. The monoisotopic (exact) mass is 628 g/mol. The summed E-state index contributed by atoms with van der Waals surface area (Å²) in [5, 5.41) is 4.46. The topological polar surface area (TPSA) is 94.2 Å². The van der Waals surface area contributed by atoms with Gasteiger partial charge in [-0.3, -0.25) is 19.8 Å². The molecule has 4 aromatic carbocycles. The Morgan fingerprint density at radius 2 is 1.67 bits per heavy atom. The second kappa shape index (κ2) is 12.9. The van der Waals surface area contributed by atoms with E-state index >= 15 is 0 Å². The Morgan fingerprint density at radius 3 is 2.48 bits per heavy atom. The molecule has 1 N–H and O–H groups in total. The molecule has 0 bridgehead atoms. The second-order valence-electron chi connectivity index (χ2n) is 9.65. The largest absolute Gasteiger partial charge is 0.493 e. The highest BCUT2D eigenvalue weighted by atomic mass is 79.9. The first kappa shape index (κ1) is 28.9. The Morgan fingerprint density at radius 1 is 0.881 bits per heavy atom. The predicted molar refractivity (Wildman–Crippen MR) is 163 cm³/mol. The summed E-state index contributed by atoms with van der Waals surface area (Å²) in [6.07, 6.45) is 2.28. The Bertz CT molecular complexity index is 1690. The second-order valence-corrected chi connectivity index (χ2v) is 10.6. The summed E-state index contributed by atoms with van der Waals surface area (Å²) in [5.41, 5.74) is 1.96. The fraction of sp³-hybridized carbons (Fsp3) is 0.182. The molecule has 8 nitrogen and oxygen atoms in total. The van der Waals surface area contributed by atoms with E-state index in [0.717, 1.165) is 32.1 Å². The van der Waals surface area contributed by atoms with Gasteiger partial charge in [0.05, 0.1) is 20.3 Å². The van der Waals surface area contributed by atoms with Crippen LogP contribution in [0.4, 0.5) is 4.79 Å². The molecule has 0 unspecified atom stereocenters. The van der Waals surface area contributed by atoms with E-state index in [1.807, 2.05) is 55.5 Å². The van der Waals surface area contributed by atoms with Gasteiger partial charge in [-0.05, 0) is 64.7 Å². The van der Waals surface area contributed by atoms with Crippen LogP contribution in [0.3, 0.4) is 0 Å². The van der Waals surface area contributed by atoms with Gasteiger partial charge in [-0.1, -0.05) is 71.4 Å². The molecule has 4 amide bonds. The summed E-state index contributed by atoms with van der Waals surface area (Å²) >= 11 is 3.46. The van der Waals surface area contributed by atoms with Crippen LogP contribution in [0.25, 0.3) is 16.8 Å². The Balaban J connectivity index is 1.40. The number of nitrogens with zero attached hydrogens (tertiary/aromatic N) is 1. The summed E-state index contributed by atoms with van der Waals surface area (Å²) in [5.74, 6) is 0.0463. The lowest BCUT2D eigenvalue weighted by atomic mass is 10.0. The van der Waals surface area contributed by atoms with Gasteiger partial charge in [0.25, 0.3) is 11.8 Å². The number of carbonyl (C=O) groups is 3. The number of amides is 4. The number of urea groups is 1. The molecule has 5 rings (SSSR count). The number of benzene rings is 4. The van der Waals surface area contributed by atoms with E-state index in [1.165, 1.54) is 13.2 Å². The maximum Gasteiger partial charge on any atom is 0.331 e. The van der Waals surface area contributed by atoms with E-state index in [2.05, 4.69) is 21.2 Å². The molecule has 1 heterocycles. The van der Waals surface area contributed by atoms with E-state index in [4.69, 9.17) is 14.2 Å². The van der Waals surface area contributed by atoms with Gasteiger partial charge in [-0.2, -0.15) is 0 Å². The van der Waals surface area contributed by atoms with Gasteiger partial charge in [0.1, 0.15) is 17.9 Å². The van der Waals surface area contributed by atoms with Crippen molar-refractivity contribution < 1.29 is 28.6 Å². The van der Waals surface area contributed by atoms with Gasteiger partial charge in [0.15, 0.2) is 11.5 Å². The molecule has 0 aromatic heterocycles. The molecule has 0 saturated carbocycles. The third-order valence-electron chi connectivity index (χ3n) is 6.75. The molecule has 1 saturated heterocycles. The molecule has 9 heteroatoms. The third-order valence-corrected chi connectivity index (χ3v) is 7.24. The predicted octanol–water partition coefficient (Wildman–Crippen LogP) is 6.64. The minimum Gasteiger partial charge on any atom is -0.493 e. The lowest BCUT2D eigenvalue weighted by Crippen LogP contribution is -2.53. The minimum atomic E-state index is -0.797. The maximum atomic E-state index is 13.5. The van der Waals surface area contributed by atoms with Crippen LogP contribution < -0.4 is 19.5 Å². The number of carbonyl (C=O) groups excluding carboxylic acids is 3. The normalized spacial score (nSPS) is 14.3. The molecule has 214 valence electrons. The maximum absolute atomic E-state index is 13.5. The van der Waals surface area contributed by atoms with Crippen LogP contribution in [0.1, 0.15) is 30.0 Å². The highest BCUT2D eigenvalue weighted by molar-refractivity contribution is 9.10. The molecular formula is C33H29BrN2O6. The van der Waals surface area contributed by atoms with E-state index < -0.39 is 17.8 Å². The van der Waals surface area contributed by atoms with Crippen LogP contribution in [0.15, 0.2) is 88.9 Å². The van der Waals surface area contributed by atoms with Crippen LogP contribution in [0.2, 0.25) is 0 Å². The molecule has 0 aliphatic carbocycles. The number of halogens is 1. The van der Waals surface area contributed by atoms with Gasteiger partial charge in [0, 0.05) is 10.0 Å². The standard InChI is InChI=1S/C33H29BrN2O6/c1-3-15-41-29-13-11-21(16-30(29)40-2)19-36-32(38)27(31(37)35-33(36)39)18-24-17-25(34)12-14-28(24)42-20-23-9-6-8-22-7-4-5-10-26(22)23/h4-14,16-18H,3,15,19-20H2,1-2H3,(H,35,37,39)/b27-18+. The van der Waals surface area contributed by atoms with Gasteiger partial charge in [-0.25, -0.2) is 4.79 Å². The fourth-order valence-electron chi connectivity index (χ4n) is 4.65. The van der Waals surface area contributed by atoms with Crippen molar-refractivity contribution in [1.29, 1.82) is 0 Å². The van der Waals surface area contributed by atoms with E-state index in [0.29, 0.717) is 35.0 Å². The summed E-state index contributed by atoms with van der Waals surface area (Å²) < 4.78 is 18.1. The molecular weight excluding hydrogens is 600 g/mol. The number of rotatable bonds is 10. The van der Waals surface area contributed by atoms with Crippen molar-refractivity contribution in [2.24, 2.45) is 0 Å². The van der Waals surface area contributed by atoms with Crippen molar-refractivity contribution in [3.05, 3.63) is 106 Å². The lowest BCUT2D eigenvalue weighted by Gasteiger charge is -2.26. The van der Waals surface area contributed by atoms with Crippen LogP contribution in [-0.2, 0) is 22.7 Å². The molecule has 1 aliphatic heterocycles. The quantitative estimate of drug-likeness (QED) is 0.156. The van der Waals surface area contributed by atoms with E-state index in [-0.39, 0.29) is 18.7 Å². The molecule has 0 spiro atoms. The van der Waals surface area contributed by atoms with Crippen LogP contribution in [0.5, 0.6) is 17.2 Å². The molecule has 1 aliphatic rings. The molecule has 42 heavy (non-hydrogen) atoms. The number of hydrogen-bond donors (Lipinski definition) is 1. The van der Waals surface area contributed by atoms with E-state index in [9.17, 15) is 14.4 Å². The molecule has 0 radical (unpaired) electrons. The molecule has 0 atom stereocenters. The number of imide groups is 2. The molecule has 4 aromatic rings. The number of methoxy groups -OCH3 is 1. The van der Waals surface area contributed by atoms with Crippen molar-refractivity contribution in [2.75, 3.05) is 13.7 Å². The smallest absolute Gasteiger partial charge is 0.331 e. The third kappa shape index (κ3) is 6.31.